The highest BCUT2D eigenvalue weighted by Gasteiger charge is 2.42. The molecule has 0 bridgehead atoms. The van der Waals surface area contributed by atoms with Gasteiger partial charge in [0.05, 0.1) is 11.0 Å². The number of rotatable bonds is 2. The van der Waals surface area contributed by atoms with Gasteiger partial charge in [-0.3, -0.25) is 9.59 Å². The monoisotopic (exact) mass is 286 g/mol. The van der Waals surface area contributed by atoms with Crippen molar-refractivity contribution < 1.29 is 14.7 Å². The van der Waals surface area contributed by atoms with Crippen LogP contribution in [0.2, 0.25) is 0 Å². The van der Waals surface area contributed by atoms with Crippen LogP contribution in [0.3, 0.4) is 0 Å². The maximum absolute atomic E-state index is 12.8. The van der Waals surface area contributed by atoms with E-state index >= 15 is 0 Å². The number of hydrogen-bond donors (Lipinski definition) is 2. The molecule has 1 atom stereocenters. The van der Waals surface area contributed by atoms with Gasteiger partial charge in [-0.25, -0.2) is 0 Å². The van der Waals surface area contributed by atoms with Crippen molar-refractivity contribution in [1.29, 1.82) is 0 Å². The fourth-order valence-electron chi connectivity index (χ4n) is 3.02. The van der Waals surface area contributed by atoms with Gasteiger partial charge in [0.25, 0.3) is 5.91 Å². The number of hydrogen-bond acceptors (Lipinski definition) is 2. The molecule has 1 aromatic carbocycles. The molecule has 1 amide bonds. The summed E-state index contributed by atoms with van der Waals surface area (Å²) in [7, 11) is 0. The average Bonchev–Trinajstić information content (AvgIpc) is 2.99. The molecule has 0 spiro atoms. The molecule has 5 nitrogen and oxygen atoms in total. The second-order valence-electron chi connectivity index (χ2n) is 6.01. The zero-order chi connectivity index (χ0) is 15.2. The molecule has 1 fully saturated rings. The van der Waals surface area contributed by atoms with Crippen LogP contribution >= 0.6 is 0 Å². The van der Waals surface area contributed by atoms with Crippen LogP contribution in [0.5, 0.6) is 0 Å². The van der Waals surface area contributed by atoms with Crippen LogP contribution < -0.4 is 0 Å². The fraction of sp³-hybridized carbons (Fsp3) is 0.375. The Morgan fingerprint density at radius 1 is 1.33 bits per heavy atom. The second kappa shape index (κ2) is 4.62. The second-order valence-corrected chi connectivity index (χ2v) is 6.01. The Labute approximate surface area is 122 Å². The minimum absolute atomic E-state index is 0.0880. The van der Waals surface area contributed by atoms with E-state index in [4.69, 9.17) is 0 Å². The maximum Gasteiger partial charge on any atom is 0.311 e. The first kappa shape index (κ1) is 13.7. The summed E-state index contributed by atoms with van der Waals surface area (Å²) in [5, 5.41) is 10.2. The average molecular weight is 286 g/mol. The minimum Gasteiger partial charge on any atom is -0.481 e. The quantitative estimate of drug-likeness (QED) is 0.890. The Hall–Kier alpha value is -2.30. The van der Waals surface area contributed by atoms with Gasteiger partial charge in [-0.1, -0.05) is 18.2 Å². The van der Waals surface area contributed by atoms with Crippen LogP contribution in [0.4, 0.5) is 0 Å². The van der Waals surface area contributed by atoms with E-state index in [-0.39, 0.29) is 12.5 Å². The van der Waals surface area contributed by atoms with E-state index in [0.29, 0.717) is 18.5 Å². The molecule has 3 rings (SSSR count). The third-order valence-corrected chi connectivity index (χ3v) is 4.38. The number of carboxylic acid groups (broad SMARTS) is 1. The summed E-state index contributed by atoms with van der Waals surface area (Å²) in [5.41, 5.74) is 1.57. The number of benzene rings is 1. The Balaban J connectivity index is 1.95. The van der Waals surface area contributed by atoms with Gasteiger partial charge in [0.15, 0.2) is 0 Å². The number of aryl methyl sites for hydroxylation is 1. The lowest BCUT2D eigenvalue weighted by molar-refractivity contribution is -0.147. The van der Waals surface area contributed by atoms with Crippen molar-refractivity contribution in [2.24, 2.45) is 5.41 Å². The van der Waals surface area contributed by atoms with E-state index in [1.54, 1.807) is 11.8 Å². The molecular weight excluding hydrogens is 268 g/mol. The Morgan fingerprint density at radius 2 is 2.05 bits per heavy atom. The largest absolute Gasteiger partial charge is 0.481 e. The van der Waals surface area contributed by atoms with Gasteiger partial charge >= 0.3 is 5.97 Å². The Bertz CT molecular complexity index is 734. The van der Waals surface area contributed by atoms with E-state index in [2.05, 4.69) is 4.98 Å². The molecular formula is C16H18N2O3. The number of amides is 1. The first-order valence-corrected chi connectivity index (χ1v) is 7.02. The molecule has 1 aliphatic rings. The first-order valence-electron chi connectivity index (χ1n) is 7.02. The maximum atomic E-state index is 12.8. The van der Waals surface area contributed by atoms with Gasteiger partial charge in [-0.05, 0) is 26.3 Å². The number of para-hydroxylation sites is 1. The lowest BCUT2D eigenvalue weighted by Gasteiger charge is -2.20. The Morgan fingerprint density at radius 3 is 2.71 bits per heavy atom. The summed E-state index contributed by atoms with van der Waals surface area (Å²) in [6.45, 7) is 4.32. The first-order chi connectivity index (χ1) is 9.92. The molecule has 5 heteroatoms. The van der Waals surface area contributed by atoms with Gasteiger partial charge in [-0.15, -0.1) is 0 Å². The van der Waals surface area contributed by atoms with Crippen molar-refractivity contribution in [1.82, 2.24) is 9.88 Å². The van der Waals surface area contributed by atoms with Crippen molar-refractivity contribution in [3.8, 4) is 0 Å². The topological polar surface area (TPSA) is 73.4 Å². The van der Waals surface area contributed by atoms with Gasteiger partial charge < -0.3 is 15.0 Å². The number of carbonyl (C=O) groups is 2. The number of carbonyl (C=O) groups excluding carboxylic acids is 1. The lowest BCUT2D eigenvalue weighted by atomic mass is 9.90. The number of likely N-dealkylation sites (tertiary alicyclic amines) is 1. The molecule has 2 aromatic rings. The molecule has 0 saturated carbocycles. The SMILES string of the molecule is Cc1[nH]c2ccccc2c1C(=O)N1CCC(C)(C(=O)O)C1. The molecule has 0 aliphatic carbocycles. The summed E-state index contributed by atoms with van der Waals surface area (Å²) < 4.78 is 0. The number of carboxylic acids is 1. The van der Waals surface area contributed by atoms with E-state index < -0.39 is 11.4 Å². The van der Waals surface area contributed by atoms with Crippen LogP contribution in [0.1, 0.15) is 29.4 Å². The van der Waals surface area contributed by atoms with Crippen LogP contribution in [0.25, 0.3) is 10.9 Å². The predicted molar refractivity (Wildman–Crippen MR) is 79.3 cm³/mol. The van der Waals surface area contributed by atoms with E-state index in [1.165, 1.54) is 0 Å². The van der Waals surface area contributed by atoms with Crippen molar-refractivity contribution in [3.05, 3.63) is 35.5 Å². The zero-order valence-electron chi connectivity index (χ0n) is 12.1. The standard InChI is InChI=1S/C16H18N2O3/c1-10-13(11-5-3-4-6-12(11)17-10)14(19)18-8-7-16(2,9-18)15(20)21/h3-6,17H,7-9H2,1-2H3,(H,20,21). The minimum atomic E-state index is -0.839. The van der Waals surface area contributed by atoms with E-state index in [1.807, 2.05) is 31.2 Å². The summed E-state index contributed by atoms with van der Waals surface area (Å²) in [5.74, 6) is -0.927. The molecule has 110 valence electrons. The number of nitrogens with one attached hydrogen (secondary N) is 1. The van der Waals surface area contributed by atoms with Crippen molar-refractivity contribution in [2.75, 3.05) is 13.1 Å². The van der Waals surface area contributed by atoms with E-state index in [0.717, 1.165) is 16.6 Å². The number of aromatic nitrogens is 1. The molecule has 1 unspecified atom stereocenters. The smallest absolute Gasteiger partial charge is 0.311 e. The summed E-state index contributed by atoms with van der Waals surface area (Å²) in [4.78, 5) is 28.9. The highest BCUT2D eigenvalue weighted by Crippen LogP contribution is 2.32. The number of H-pyrrole nitrogens is 1. The van der Waals surface area contributed by atoms with E-state index in [9.17, 15) is 14.7 Å². The fourth-order valence-corrected chi connectivity index (χ4v) is 3.02. The van der Waals surface area contributed by atoms with Crippen LogP contribution in [0.15, 0.2) is 24.3 Å². The van der Waals surface area contributed by atoms with Crippen molar-refractivity contribution >= 4 is 22.8 Å². The molecule has 1 saturated heterocycles. The molecule has 2 N–H and O–H groups in total. The Kier molecular flexibility index (Phi) is 3.01. The third kappa shape index (κ3) is 2.09. The molecule has 0 radical (unpaired) electrons. The lowest BCUT2D eigenvalue weighted by Crippen LogP contribution is -2.35. The van der Waals surface area contributed by atoms with Gasteiger partial charge in [0, 0.05) is 29.7 Å². The number of fused-ring (bicyclic) bond motifs is 1. The number of aliphatic carboxylic acids is 1. The van der Waals surface area contributed by atoms with Crippen LogP contribution in [0, 0.1) is 12.3 Å². The van der Waals surface area contributed by atoms with Gasteiger partial charge in [-0.2, -0.15) is 0 Å². The zero-order valence-corrected chi connectivity index (χ0v) is 12.1. The summed E-state index contributed by atoms with van der Waals surface area (Å²) in [6, 6.07) is 7.67. The summed E-state index contributed by atoms with van der Waals surface area (Å²) >= 11 is 0. The molecule has 1 aromatic heterocycles. The highest BCUT2D eigenvalue weighted by molar-refractivity contribution is 6.08. The van der Waals surface area contributed by atoms with Crippen LogP contribution in [-0.2, 0) is 4.79 Å². The number of aromatic amines is 1. The molecule has 2 heterocycles. The van der Waals surface area contributed by atoms with Crippen LogP contribution in [-0.4, -0.2) is 40.0 Å². The molecule has 1 aliphatic heterocycles. The van der Waals surface area contributed by atoms with Gasteiger partial charge in [0.1, 0.15) is 0 Å². The normalized spacial score (nSPS) is 21.9. The third-order valence-electron chi connectivity index (χ3n) is 4.38. The van der Waals surface area contributed by atoms with Crippen molar-refractivity contribution in [2.45, 2.75) is 20.3 Å². The van der Waals surface area contributed by atoms with Gasteiger partial charge in [0.2, 0.25) is 0 Å². The van der Waals surface area contributed by atoms with Crippen molar-refractivity contribution in [3.63, 3.8) is 0 Å². The number of nitrogens with zero attached hydrogens (tertiary/aromatic N) is 1. The predicted octanol–water partition coefficient (Wildman–Crippen LogP) is 2.41. The summed E-state index contributed by atoms with van der Waals surface area (Å²) in [6.07, 6.45) is 0.496. The molecule has 21 heavy (non-hydrogen) atoms. The highest BCUT2D eigenvalue weighted by atomic mass is 16.4.